The van der Waals surface area contributed by atoms with Crippen molar-refractivity contribution in [3.8, 4) is 11.5 Å². The van der Waals surface area contributed by atoms with Crippen molar-refractivity contribution >= 4 is 23.1 Å². The number of aromatic nitrogens is 4. The number of fused-ring (bicyclic) bond motifs is 1. The zero-order chi connectivity index (χ0) is 33.8. The van der Waals surface area contributed by atoms with Gasteiger partial charge in [-0.25, -0.2) is 4.98 Å². The number of guanidine groups is 1. The zero-order valence-corrected chi connectivity index (χ0v) is 26.8. The van der Waals surface area contributed by atoms with E-state index in [1.807, 2.05) is 78.9 Å². The van der Waals surface area contributed by atoms with Crippen LogP contribution in [-0.4, -0.2) is 88.9 Å². The Morgan fingerprint density at radius 1 is 0.958 bits per heavy atom. The number of ether oxygens (including phenoxy) is 4. The molecular weight excluding hydrogens is 618 g/mol. The van der Waals surface area contributed by atoms with Gasteiger partial charge in [0.05, 0.1) is 27.2 Å². The number of methoxy groups -OCH3 is 2. The minimum Gasteiger partial charge on any atom is -0.497 e. The molecule has 1 aliphatic heterocycles. The molecule has 3 heterocycles. The highest BCUT2D eigenvalue weighted by Crippen LogP contribution is 2.43. The molecule has 3 aromatic carbocycles. The highest BCUT2D eigenvalue weighted by molar-refractivity contribution is 5.92. The Morgan fingerprint density at radius 3 is 2.12 bits per heavy atom. The van der Waals surface area contributed by atoms with Gasteiger partial charge in [-0.05, 0) is 41.0 Å². The highest BCUT2D eigenvalue weighted by Gasteiger charge is 2.47. The fourth-order valence-corrected chi connectivity index (χ4v) is 5.89. The number of imidazole rings is 1. The summed E-state index contributed by atoms with van der Waals surface area (Å²) in [6, 6.07) is 24.8. The molecule has 14 heteroatoms. The van der Waals surface area contributed by atoms with Crippen LogP contribution < -0.4 is 25.7 Å². The molecule has 0 unspecified atom stereocenters. The van der Waals surface area contributed by atoms with Crippen molar-refractivity contribution in [1.82, 2.24) is 24.8 Å². The molecule has 6 rings (SSSR count). The molecule has 14 nitrogen and oxygen atoms in total. The number of benzene rings is 3. The number of anilines is 1. The summed E-state index contributed by atoms with van der Waals surface area (Å²) in [6.45, 7) is -0.131. The van der Waals surface area contributed by atoms with E-state index in [9.17, 15) is 15.0 Å². The fourth-order valence-electron chi connectivity index (χ4n) is 5.89. The molecule has 5 N–H and O–H groups in total. The summed E-state index contributed by atoms with van der Waals surface area (Å²) < 4.78 is 25.4. The normalized spacial score (nSPS) is 19.8. The molecule has 2 aromatic heterocycles. The Labute approximate surface area is 276 Å². The fraction of sp³-hybridized carbons (Fsp3) is 0.294. The second kappa shape index (κ2) is 13.8. The van der Waals surface area contributed by atoms with Crippen LogP contribution in [0.15, 0.2) is 95.0 Å². The van der Waals surface area contributed by atoms with E-state index in [0.717, 1.165) is 16.7 Å². The van der Waals surface area contributed by atoms with Gasteiger partial charge in [-0.3, -0.25) is 24.7 Å². The van der Waals surface area contributed by atoms with E-state index in [1.54, 1.807) is 28.3 Å². The van der Waals surface area contributed by atoms with Crippen LogP contribution in [0, 0.1) is 0 Å². The van der Waals surface area contributed by atoms with E-state index in [2.05, 4.69) is 30.6 Å². The molecule has 0 radical (unpaired) electrons. The number of aliphatic hydroxyl groups is 2. The second-order valence-corrected chi connectivity index (χ2v) is 11.0. The average molecular weight is 656 g/mol. The summed E-state index contributed by atoms with van der Waals surface area (Å²) in [4.78, 5) is 28.2. The molecule has 1 saturated heterocycles. The maximum Gasteiger partial charge on any atom is 0.280 e. The number of nitrogens with one attached hydrogen (secondary N) is 3. The number of hydrogen-bond donors (Lipinski definition) is 5. The Bertz CT molecular complexity index is 1880. The van der Waals surface area contributed by atoms with Crippen molar-refractivity contribution in [2.75, 3.05) is 40.2 Å². The lowest BCUT2D eigenvalue weighted by molar-refractivity contribution is -0.0942. The Morgan fingerprint density at radius 2 is 1.56 bits per heavy atom. The summed E-state index contributed by atoms with van der Waals surface area (Å²) in [5, 5.41) is 28.3. The van der Waals surface area contributed by atoms with Crippen LogP contribution in [0.3, 0.4) is 0 Å². The molecule has 0 amide bonds. The maximum absolute atomic E-state index is 12.8. The van der Waals surface area contributed by atoms with Crippen LogP contribution in [-0.2, 0) is 15.1 Å². The third-order valence-corrected chi connectivity index (χ3v) is 8.38. The van der Waals surface area contributed by atoms with Gasteiger partial charge in [0.15, 0.2) is 23.4 Å². The minimum atomic E-state index is -1.40. The van der Waals surface area contributed by atoms with Crippen molar-refractivity contribution in [1.29, 1.82) is 0 Å². The van der Waals surface area contributed by atoms with Crippen molar-refractivity contribution in [2.24, 2.45) is 4.99 Å². The Kier molecular flexibility index (Phi) is 9.41. The number of rotatable bonds is 10. The van der Waals surface area contributed by atoms with Gasteiger partial charge in [-0.2, -0.15) is 4.98 Å². The monoisotopic (exact) mass is 655 g/mol. The third-order valence-electron chi connectivity index (χ3n) is 8.38. The molecular formula is C34H37N7O7. The topological polar surface area (TPSA) is 177 Å². The lowest BCUT2D eigenvalue weighted by Gasteiger charge is -2.37. The molecule has 5 aromatic rings. The molecule has 250 valence electrons. The van der Waals surface area contributed by atoms with Gasteiger partial charge in [0.2, 0.25) is 5.95 Å². The minimum absolute atomic E-state index is 0.0343. The summed E-state index contributed by atoms with van der Waals surface area (Å²) in [6.07, 6.45) is -3.51. The first kappa shape index (κ1) is 32.7. The van der Waals surface area contributed by atoms with Crippen LogP contribution in [0.25, 0.3) is 11.2 Å². The molecule has 0 saturated carbocycles. The standard InChI is InChI=1S/C34H37N7O7/c1-35-32(36-2)40-33-38-29-26(30(44)39-33)37-19-41(29)31-28(43)27(42)25(48-31)18-47-34(20-8-6-5-7-9-20,21-10-14-23(45-3)15-11-21)22-12-16-24(46-4)17-13-22/h5-17,19,25,27-28,31,42-43H,18H2,1-4H3,(H3,35,36,38,39,40,44)/t25-,27-,28-,31-/m1/s1. The maximum atomic E-state index is 12.8. The summed E-state index contributed by atoms with van der Waals surface area (Å²) in [5.74, 6) is 1.82. The Hall–Kier alpha value is -5.28. The van der Waals surface area contributed by atoms with E-state index in [4.69, 9.17) is 18.9 Å². The lowest BCUT2D eigenvalue weighted by Crippen LogP contribution is -2.39. The van der Waals surface area contributed by atoms with Crippen LogP contribution in [0.4, 0.5) is 5.95 Å². The Balaban J connectivity index is 1.36. The van der Waals surface area contributed by atoms with E-state index in [1.165, 1.54) is 10.9 Å². The van der Waals surface area contributed by atoms with Gasteiger partial charge in [0, 0.05) is 14.1 Å². The van der Waals surface area contributed by atoms with E-state index >= 15 is 0 Å². The number of aliphatic imine (C=N–C) groups is 1. The number of hydrogen-bond acceptors (Lipinski definition) is 10. The highest BCUT2D eigenvalue weighted by atomic mass is 16.6. The van der Waals surface area contributed by atoms with Gasteiger partial charge >= 0.3 is 0 Å². The van der Waals surface area contributed by atoms with Crippen molar-refractivity contribution < 1.29 is 29.2 Å². The van der Waals surface area contributed by atoms with Crippen molar-refractivity contribution in [3.05, 3.63) is 112 Å². The molecule has 0 bridgehead atoms. The third kappa shape index (κ3) is 5.97. The van der Waals surface area contributed by atoms with E-state index in [-0.39, 0.29) is 23.7 Å². The first-order valence-electron chi connectivity index (χ1n) is 15.2. The van der Waals surface area contributed by atoms with Crippen molar-refractivity contribution in [3.63, 3.8) is 0 Å². The van der Waals surface area contributed by atoms with Crippen LogP contribution in [0.2, 0.25) is 0 Å². The molecule has 1 aliphatic rings. The molecule has 48 heavy (non-hydrogen) atoms. The van der Waals surface area contributed by atoms with Gasteiger partial charge in [0.1, 0.15) is 35.4 Å². The zero-order valence-electron chi connectivity index (χ0n) is 26.8. The molecule has 1 fully saturated rings. The molecule has 4 atom stereocenters. The summed E-state index contributed by atoms with van der Waals surface area (Å²) >= 11 is 0. The number of aromatic amines is 1. The second-order valence-electron chi connectivity index (χ2n) is 11.0. The van der Waals surface area contributed by atoms with Crippen LogP contribution >= 0.6 is 0 Å². The first-order valence-corrected chi connectivity index (χ1v) is 15.2. The lowest BCUT2D eigenvalue weighted by atomic mass is 9.80. The van der Waals surface area contributed by atoms with Crippen LogP contribution in [0.1, 0.15) is 22.9 Å². The number of nitrogens with zero attached hydrogens (tertiary/aromatic N) is 4. The number of aliphatic hydroxyl groups excluding tert-OH is 2. The van der Waals surface area contributed by atoms with Gasteiger partial charge in [0.25, 0.3) is 5.56 Å². The van der Waals surface area contributed by atoms with Crippen LogP contribution in [0.5, 0.6) is 11.5 Å². The first-order chi connectivity index (χ1) is 23.3. The van der Waals surface area contributed by atoms with Gasteiger partial charge in [-0.15, -0.1) is 0 Å². The van der Waals surface area contributed by atoms with Gasteiger partial charge < -0.3 is 34.5 Å². The SMILES string of the molecule is CN=C(NC)Nc1nc2c(ncn2[C@@H]2O[C@H](COC(c3ccccc3)(c3ccc(OC)cc3)c3ccc(OC)cc3)[C@@H](O)[C@H]2O)c(=O)[nH]1. The molecule has 0 spiro atoms. The number of H-pyrrole nitrogens is 1. The summed E-state index contributed by atoms with van der Waals surface area (Å²) in [5.41, 5.74) is 0.912. The average Bonchev–Trinajstić information content (AvgIpc) is 3.68. The van der Waals surface area contributed by atoms with Crippen molar-refractivity contribution in [2.45, 2.75) is 30.1 Å². The summed E-state index contributed by atoms with van der Waals surface area (Å²) in [7, 11) is 6.44. The van der Waals surface area contributed by atoms with E-state index < -0.39 is 35.7 Å². The largest absolute Gasteiger partial charge is 0.497 e. The predicted octanol–water partition coefficient (Wildman–Crippen LogP) is 2.38. The molecule has 0 aliphatic carbocycles. The van der Waals surface area contributed by atoms with Gasteiger partial charge in [-0.1, -0.05) is 54.6 Å². The smallest absolute Gasteiger partial charge is 0.280 e. The predicted molar refractivity (Wildman–Crippen MR) is 178 cm³/mol. The van der Waals surface area contributed by atoms with E-state index in [0.29, 0.717) is 17.5 Å². The quantitative estimate of drug-likeness (QED) is 0.0848.